The molecule has 8 nitrogen and oxygen atoms in total. The summed E-state index contributed by atoms with van der Waals surface area (Å²) in [6.45, 7) is 6.91. The Morgan fingerprint density at radius 1 is 1.25 bits per heavy atom. The van der Waals surface area contributed by atoms with Crippen molar-refractivity contribution < 1.29 is 19.5 Å². The van der Waals surface area contributed by atoms with Gasteiger partial charge in [-0.15, -0.1) is 0 Å². The van der Waals surface area contributed by atoms with Crippen molar-refractivity contribution in [3.8, 4) is 0 Å². The summed E-state index contributed by atoms with van der Waals surface area (Å²) in [6.07, 6.45) is 4.05. The van der Waals surface area contributed by atoms with Gasteiger partial charge in [-0.25, -0.2) is 4.79 Å². The van der Waals surface area contributed by atoms with E-state index >= 15 is 0 Å². The molecule has 28 heavy (non-hydrogen) atoms. The molecule has 0 aliphatic carbocycles. The number of hydrogen-bond acceptors (Lipinski definition) is 5. The molecule has 152 valence electrons. The van der Waals surface area contributed by atoms with E-state index in [0.717, 1.165) is 10.5 Å². The van der Waals surface area contributed by atoms with Crippen LogP contribution in [0.25, 0.3) is 0 Å². The third-order valence-electron chi connectivity index (χ3n) is 5.49. The topological polar surface area (TPSA) is 94.0 Å². The first-order chi connectivity index (χ1) is 13.3. The molecule has 0 bridgehead atoms. The molecule has 1 spiro atoms. The zero-order valence-corrected chi connectivity index (χ0v) is 16.7. The monoisotopic (exact) mass is 388 g/mol. The molecule has 8 heteroatoms. The highest BCUT2D eigenvalue weighted by molar-refractivity contribution is 6.07. The van der Waals surface area contributed by atoms with Crippen LogP contribution in [-0.4, -0.2) is 81.0 Å². The molecule has 2 fully saturated rings. The fraction of sp³-hybridized carbons (Fsp3) is 0.600. The van der Waals surface area contributed by atoms with Crippen molar-refractivity contribution in [3.05, 3.63) is 29.6 Å². The summed E-state index contributed by atoms with van der Waals surface area (Å²) < 4.78 is 0. The standard InChI is InChI=1S/C20H28N4O4/c1-14(2)13-24-19(28)23(8-9-25)18(27)20(24)4-6-22(7-5-20)17(26)16-10-15(3)11-21-12-16/h10-12,14,25H,4-9,13H2,1-3H3. The molecule has 1 N–H and O–H groups in total. The third kappa shape index (κ3) is 3.48. The molecule has 3 rings (SSSR count). The Kier molecular flexibility index (Phi) is 5.69. The van der Waals surface area contributed by atoms with Gasteiger partial charge in [-0.3, -0.25) is 19.5 Å². The van der Waals surface area contributed by atoms with Crippen molar-refractivity contribution in [2.24, 2.45) is 5.92 Å². The normalized spacial score (nSPS) is 19.2. The minimum absolute atomic E-state index is 0.00557. The van der Waals surface area contributed by atoms with Crippen LogP contribution < -0.4 is 0 Å². The lowest BCUT2D eigenvalue weighted by atomic mass is 9.85. The van der Waals surface area contributed by atoms with Gasteiger partial charge in [0.15, 0.2) is 0 Å². The number of carbonyl (C=O) groups is 3. The lowest BCUT2D eigenvalue weighted by molar-refractivity contribution is -0.135. The first-order valence-electron chi connectivity index (χ1n) is 9.75. The Bertz CT molecular complexity index is 771. The van der Waals surface area contributed by atoms with Crippen LogP contribution in [0.5, 0.6) is 0 Å². The summed E-state index contributed by atoms with van der Waals surface area (Å²) >= 11 is 0. The average molecular weight is 388 g/mol. The summed E-state index contributed by atoms with van der Waals surface area (Å²) in [5, 5.41) is 9.26. The first-order valence-corrected chi connectivity index (χ1v) is 9.75. The van der Waals surface area contributed by atoms with E-state index in [-0.39, 0.29) is 36.9 Å². The number of urea groups is 1. The van der Waals surface area contributed by atoms with Crippen LogP contribution in [0.4, 0.5) is 4.79 Å². The number of likely N-dealkylation sites (tertiary alicyclic amines) is 1. The number of aromatic nitrogens is 1. The molecule has 3 heterocycles. The number of amides is 4. The highest BCUT2D eigenvalue weighted by atomic mass is 16.3. The number of rotatable bonds is 5. The second-order valence-corrected chi connectivity index (χ2v) is 8.04. The SMILES string of the molecule is Cc1cncc(C(=O)N2CCC3(CC2)C(=O)N(CCO)C(=O)N3CC(C)C)c1. The average Bonchev–Trinajstić information content (AvgIpc) is 2.84. The zero-order chi connectivity index (χ0) is 20.5. The van der Waals surface area contributed by atoms with Crippen molar-refractivity contribution in [1.82, 2.24) is 19.7 Å². The number of β-amino-alcohol motifs (C(OH)–C–C–N with tert-alkyl or cyclic N) is 1. The van der Waals surface area contributed by atoms with Crippen LogP contribution in [0.15, 0.2) is 18.5 Å². The molecule has 1 aromatic heterocycles. The van der Waals surface area contributed by atoms with Gasteiger partial charge >= 0.3 is 6.03 Å². The van der Waals surface area contributed by atoms with Crippen molar-refractivity contribution in [2.75, 3.05) is 32.8 Å². The fourth-order valence-electron chi connectivity index (χ4n) is 4.12. The minimum atomic E-state index is -0.918. The second-order valence-electron chi connectivity index (χ2n) is 8.04. The number of hydrogen-bond donors (Lipinski definition) is 1. The molecule has 4 amide bonds. The van der Waals surface area contributed by atoms with Gasteiger partial charge in [0, 0.05) is 32.0 Å². The number of nitrogens with zero attached hydrogens (tertiary/aromatic N) is 4. The van der Waals surface area contributed by atoms with Gasteiger partial charge in [0.2, 0.25) is 0 Å². The number of aliphatic hydroxyl groups excluding tert-OH is 1. The molecule has 2 aliphatic rings. The number of pyridine rings is 1. The number of imide groups is 1. The van der Waals surface area contributed by atoms with Gasteiger partial charge in [0.05, 0.1) is 18.7 Å². The second kappa shape index (κ2) is 7.87. The van der Waals surface area contributed by atoms with Crippen LogP contribution in [0.1, 0.15) is 42.6 Å². The molecule has 0 unspecified atom stereocenters. The van der Waals surface area contributed by atoms with E-state index in [0.29, 0.717) is 38.0 Å². The van der Waals surface area contributed by atoms with E-state index in [2.05, 4.69) is 4.98 Å². The van der Waals surface area contributed by atoms with Crippen molar-refractivity contribution in [2.45, 2.75) is 39.2 Å². The molecule has 0 atom stereocenters. The lowest BCUT2D eigenvalue weighted by Crippen LogP contribution is -2.58. The molecular weight excluding hydrogens is 360 g/mol. The van der Waals surface area contributed by atoms with E-state index in [1.165, 1.54) is 0 Å². The van der Waals surface area contributed by atoms with Gasteiger partial charge in [-0.2, -0.15) is 0 Å². The van der Waals surface area contributed by atoms with E-state index in [9.17, 15) is 19.5 Å². The van der Waals surface area contributed by atoms with Crippen LogP contribution in [0, 0.1) is 12.8 Å². The fourth-order valence-corrected chi connectivity index (χ4v) is 4.12. The van der Waals surface area contributed by atoms with Crippen LogP contribution in [0.2, 0.25) is 0 Å². The Labute approximate surface area is 165 Å². The van der Waals surface area contributed by atoms with Gasteiger partial charge in [-0.05, 0) is 37.3 Å². The van der Waals surface area contributed by atoms with E-state index in [4.69, 9.17) is 0 Å². The van der Waals surface area contributed by atoms with E-state index < -0.39 is 5.54 Å². The Balaban J connectivity index is 1.80. The maximum atomic E-state index is 13.1. The predicted octanol–water partition coefficient (Wildman–Crippen LogP) is 1.28. The highest BCUT2D eigenvalue weighted by Gasteiger charge is 2.58. The molecule has 0 aromatic carbocycles. The largest absolute Gasteiger partial charge is 0.395 e. The molecule has 2 aliphatic heterocycles. The molecule has 0 saturated carbocycles. The Morgan fingerprint density at radius 3 is 2.50 bits per heavy atom. The highest BCUT2D eigenvalue weighted by Crippen LogP contribution is 2.38. The van der Waals surface area contributed by atoms with Crippen molar-refractivity contribution in [3.63, 3.8) is 0 Å². The molecule has 1 aromatic rings. The predicted molar refractivity (Wildman–Crippen MR) is 103 cm³/mol. The van der Waals surface area contributed by atoms with Crippen LogP contribution in [0.3, 0.4) is 0 Å². The summed E-state index contributed by atoms with van der Waals surface area (Å²) in [5.41, 5.74) is 0.530. The van der Waals surface area contributed by atoms with Gasteiger partial charge in [-0.1, -0.05) is 13.8 Å². The summed E-state index contributed by atoms with van der Waals surface area (Å²) in [6, 6.07) is 1.47. The molecular formula is C20H28N4O4. The minimum Gasteiger partial charge on any atom is -0.395 e. The summed E-state index contributed by atoms with van der Waals surface area (Å²) in [7, 11) is 0. The van der Waals surface area contributed by atoms with Gasteiger partial charge in [0.25, 0.3) is 11.8 Å². The van der Waals surface area contributed by atoms with Gasteiger partial charge < -0.3 is 14.9 Å². The van der Waals surface area contributed by atoms with E-state index in [1.54, 1.807) is 28.3 Å². The Morgan fingerprint density at radius 2 is 1.93 bits per heavy atom. The number of aliphatic hydroxyl groups is 1. The maximum Gasteiger partial charge on any atom is 0.327 e. The maximum absolute atomic E-state index is 13.1. The summed E-state index contributed by atoms with van der Waals surface area (Å²) in [4.78, 5) is 47.4. The Hall–Kier alpha value is -2.48. The van der Waals surface area contributed by atoms with Crippen LogP contribution >= 0.6 is 0 Å². The molecule has 2 saturated heterocycles. The smallest absolute Gasteiger partial charge is 0.327 e. The lowest BCUT2D eigenvalue weighted by Gasteiger charge is -2.42. The zero-order valence-electron chi connectivity index (χ0n) is 16.7. The molecule has 0 radical (unpaired) electrons. The number of piperidine rings is 1. The number of carbonyl (C=O) groups excluding carboxylic acids is 3. The number of aryl methyl sites for hydroxylation is 1. The summed E-state index contributed by atoms with van der Waals surface area (Å²) in [5.74, 6) is -0.150. The van der Waals surface area contributed by atoms with Gasteiger partial charge in [0.1, 0.15) is 5.54 Å². The van der Waals surface area contributed by atoms with Crippen molar-refractivity contribution >= 4 is 17.8 Å². The van der Waals surface area contributed by atoms with Crippen LogP contribution in [-0.2, 0) is 4.79 Å². The van der Waals surface area contributed by atoms with Crippen molar-refractivity contribution in [1.29, 1.82) is 0 Å². The third-order valence-corrected chi connectivity index (χ3v) is 5.49. The first kappa shape index (κ1) is 20.3. The quantitative estimate of drug-likeness (QED) is 0.767. The van der Waals surface area contributed by atoms with E-state index in [1.807, 2.05) is 20.8 Å².